The van der Waals surface area contributed by atoms with E-state index < -0.39 is 0 Å². The normalized spacial score (nSPS) is 11.6. The van der Waals surface area contributed by atoms with Gasteiger partial charge in [0.1, 0.15) is 11.2 Å². The van der Waals surface area contributed by atoms with Crippen LogP contribution >= 0.6 is 0 Å². The van der Waals surface area contributed by atoms with Crippen LogP contribution in [0.5, 0.6) is 0 Å². The van der Waals surface area contributed by atoms with Crippen LogP contribution in [-0.4, -0.2) is 19.5 Å². The summed E-state index contributed by atoms with van der Waals surface area (Å²) >= 11 is 0. The molecule has 0 aliphatic heterocycles. The zero-order valence-electron chi connectivity index (χ0n) is 30.2. The monoisotopic (exact) mass is 716 g/mol. The molecule has 0 radical (unpaired) electrons. The Kier molecular flexibility index (Phi) is 7.42. The van der Waals surface area contributed by atoms with Gasteiger partial charge in [-0.15, -0.1) is 0 Å². The Morgan fingerprint density at radius 3 is 1.61 bits per heavy atom. The predicted molar refractivity (Wildman–Crippen MR) is 229 cm³/mol. The van der Waals surface area contributed by atoms with Crippen molar-refractivity contribution in [1.82, 2.24) is 19.5 Å². The molecule has 11 aromatic rings. The van der Waals surface area contributed by atoms with Crippen molar-refractivity contribution in [3.8, 4) is 62.1 Å². The number of hydrogen-bond donors (Lipinski definition) is 0. The zero-order chi connectivity index (χ0) is 37.0. The zero-order valence-corrected chi connectivity index (χ0v) is 30.2. The van der Waals surface area contributed by atoms with Crippen LogP contribution in [0.25, 0.3) is 106 Å². The molecule has 0 spiro atoms. The van der Waals surface area contributed by atoms with E-state index in [0.29, 0.717) is 17.5 Å². The molecule has 0 atom stereocenters. The van der Waals surface area contributed by atoms with Gasteiger partial charge < -0.3 is 8.98 Å². The molecule has 0 unspecified atom stereocenters. The van der Waals surface area contributed by atoms with Crippen molar-refractivity contribution in [2.75, 3.05) is 0 Å². The Balaban J connectivity index is 1.12. The summed E-state index contributed by atoms with van der Waals surface area (Å²) < 4.78 is 9.24. The van der Waals surface area contributed by atoms with Crippen molar-refractivity contribution < 1.29 is 4.42 Å². The molecule has 0 aliphatic rings. The molecule has 0 aliphatic carbocycles. The Morgan fingerprint density at radius 2 is 0.911 bits per heavy atom. The maximum Gasteiger partial charge on any atom is 0.167 e. The molecule has 8 aromatic carbocycles. The molecule has 0 fully saturated rings. The van der Waals surface area contributed by atoms with E-state index >= 15 is 0 Å². The number of para-hydroxylation sites is 2. The molecule has 3 aromatic heterocycles. The van der Waals surface area contributed by atoms with Crippen LogP contribution in [0.2, 0.25) is 0 Å². The fraction of sp³-hybridized carbons (Fsp3) is 0. The molecule has 3 heterocycles. The van der Waals surface area contributed by atoms with E-state index in [9.17, 15) is 0 Å². The first-order valence-corrected chi connectivity index (χ1v) is 18.8. The van der Waals surface area contributed by atoms with Gasteiger partial charge in [0.15, 0.2) is 17.5 Å². The van der Waals surface area contributed by atoms with Gasteiger partial charge in [0.25, 0.3) is 0 Å². The van der Waals surface area contributed by atoms with Crippen molar-refractivity contribution in [2.24, 2.45) is 0 Å². The lowest BCUT2D eigenvalue weighted by molar-refractivity contribution is 0.669. The highest BCUT2D eigenvalue weighted by atomic mass is 16.3. The van der Waals surface area contributed by atoms with Crippen molar-refractivity contribution in [3.05, 3.63) is 194 Å². The number of furan rings is 1. The first kappa shape index (κ1) is 31.9. The van der Waals surface area contributed by atoms with E-state index in [2.05, 4.69) is 132 Å². The highest BCUT2D eigenvalue weighted by Gasteiger charge is 2.22. The SMILES string of the molecule is c1ccc(-c2ccc(-c3cccc(-n4c5ccccc5c5ccc6oc7c(-c8nc(-c9ccccc9)nc(-c9ccccc9)n8)cccc7c6c54)c3)cc2)cc1. The van der Waals surface area contributed by atoms with Gasteiger partial charge in [0.05, 0.1) is 22.0 Å². The van der Waals surface area contributed by atoms with E-state index in [0.717, 1.165) is 71.9 Å². The summed E-state index contributed by atoms with van der Waals surface area (Å²) in [6.07, 6.45) is 0. The topological polar surface area (TPSA) is 56.7 Å². The molecule has 11 rings (SSSR count). The highest BCUT2D eigenvalue weighted by molar-refractivity contribution is 6.25. The van der Waals surface area contributed by atoms with Gasteiger partial charge in [-0.3, -0.25) is 0 Å². The summed E-state index contributed by atoms with van der Waals surface area (Å²) in [6, 6.07) is 67.5. The molecule has 5 nitrogen and oxygen atoms in total. The summed E-state index contributed by atoms with van der Waals surface area (Å²) in [4.78, 5) is 15.0. The lowest BCUT2D eigenvalue weighted by Crippen LogP contribution is -2.00. The lowest BCUT2D eigenvalue weighted by Gasteiger charge is -2.11. The van der Waals surface area contributed by atoms with Gasteiger partial charge in [0, 0.05) is 33.0 Å². The van der Waals surface area contributed by atoms with Gasteiger partial charge in [-0.2, -0.15) is 0 Å². The Morgan fingerprint density at radius 1 is 0.375 bits per heavy atom. The van der Waals surface area contributed by atoms with Gasteiger partial charge in [-0.05, 0) is 58.7 Å². The van der Waals surface area contributed by atoms with E-state index in [-0.39, 0.29) is 0 Å². The van der Waals surface area contributed by atoms with Crippen LogP contribution in [0, 0.1) is 0 Å². The summed E-state index contributed by atoms with van der Waals surface area (Å²) in [5.74, 6) is 1.78. The molecular weight excluding hydrogens is 685 g/mol. The average Bonchev–Trinajstić information content (AvgIpc) is 3.83. The largest absolute Gasteiger partial charge is 0.455 e. The first-order valence-electron chi connectivity index (χ1n) is 18.8. The molecule has 262 valence electrons. The molecule has 5 heteroatoms. The summed E-state index contributed by atoms with van der Waals surface area (Å²) in [6.45, 7) is 0. The summed E-state index contributed by atoms with van der Waals surface area (Å²) in [7, 11) is 0. The predicted octanol–water partition coefficient (Wildman–Crippen LogP) is 13.2. The standard InChI is InChI=1S/C51H32N4O/c1-4-14-33(15-5-1)34-26-28-35(29-27-34)38-20-12-21-39(32-38)55-44-25-11-10-22-40(44)41-30-31-45-46(47(41)55)42-23-13-24-43(48(42)56-45)51-53-49(36-16-6-2-7-17-36)52-50(54-51)37-18-8-3-9-19-37/h1-32H. The third-order valence-corrected chi connectivity index (χ3v) is 10.7. The van der Waals surface area contributed by atoms with Crippen LogP contribution in [0.3, 0.4) is 0 Å². The van der Waals surface area contributed by atoms with Crippen LogP contribution in [0.4, 0.5) is 0 Å². The van der Waals surface area contributed by atoms with E-state index in [4.69, 9.17) is 19.4 Å². The molecule has 56 heavy (non-hydrogen) atoms. The lowest BCUT2D eigenvalue weighted by atomic mass is 10.00. The number of nitrogens with zero attached hydrogens (tertiary/aromatic N) is 4. The minimum absolute atomic E-state index is 0.560. The van der Waals surface area contributed by atoms with E-state index in [1.807, 2.05) is 66.7 Å². The Labute approximate surface area is 322 Å². The van der Waals surface area contributed by atoms with Crippen molar-refractivity contribution in [1.29, 1.82) is 0 Å². The van der Waals surface area contributed by atoms with Crippen LogP contribution < -0.4 is 0 Å². The highest BCUT2D eigenvalue weighted by Crippen LogP contribution is 2.43. The minimum atomic E-state index is 0.560. The van der Waals surface area contributed by atoms with Crippen LogP contribution in [0.15, 0.2) is 199 Å². The smallest absolute Gasteiger partial charge is 0.167 e. The quantitative estimate of drug-likeness (QED) is 0.172. The number of fused-ring (bicyclic) bond motifs is 7. The Bertz CT molecular complexity index is 3160. The van der Waals surface area contributed by atoms with E-state index in [1.165, 1.54) is 16.5 Å². The fourth-order valence-corrected chi connectivity index (χ4v) is 8.02. The maximum atomic E-state index is 6.85. The van der Waals surface area contributed by atoms with Gasteiger partial charge in [-0.1, -0.05) is 158 Å². The number of benzene rings is 8. The van der Waals surface area contributed by atoms with Gasteiger partial charge in [0.2, 0.25) is 0 Å². The number of hydrogen-bond acceptors (Lipinski definition) is 4. The second kappa shape index (κ2) is 13.0. The minimum Gasteiger partial charge on any atom is -0.455 e. The van der Waals surface area contributed by atoms with Crippen molar-refractivity contribution >= 4 is 43.7 Å². The average molecular weight is 717 g/mol. The molecule has 0 amide bonds. The van der Waals surface area contributed by atoms with Crippen molar-refractivity contribution in [3.63, 3.8) is 0 Å². The Hall–Kier alpha value is -7.63. The fourth-order valence-electron chi connectivity index (χ4n) is 8.02. The second-order valence-corrected chi connectivity index (χ2v) is 14.0. The molecule has 0 bridgehead atoms. The van der Waals surface area contributed by atoms with Crippen LogP contribution in [-0.2, 0) is 0 Å². The van der Waals surface area contributed by atoms with Gasteiger partial charge in [-0.25, -0.2) is 15.0 Å². The third-order valence-electron chi connectivity index (χ3n) is 10.7. The molecule has 0 saturated carbocycles. The first-order chi connectivity index (χ1) is 27.8. The molecular formula is C51H32N4O. The van der Waals surface area contributed by atoms with Crippen LogP contribution in [0.1, 0.15) is 0 Å². The molecule has 0 N–H and O–H groups in total. The van der Waals surface area contributed by atoms with Crippen molar-refractivity contribution in [2.45, 2.75) is 0 Å². The second-order valence-electron chi connectivity index (χ2n) is 14.0. The van der Waals surface area contributed by atoms with E-state index in [1.54, 1.807) is 0 Å². The summed E-state index contributed by atoms with van der Waals surface area (Å²) in [5.41, 5.74) is 12.2. The maximum absolute atomic E-state index is 6.85. The summed E-state index contributed by atoms with van der Waals surface area (Å²) in [5, 5.41) is 4.40. The molecule has 0 saturated heterocycles. The number of aromatic nitrogens is 4. The van der Waals surface area contributed by atoms with Gasteiger partial charge >= 0.3 is 0 Å². The third kappa shape index (κ3) is 5.29. The number of rotatable bonds is 6.